The summed E-state index contributed by atoms with van der Waals surface area (Å²) < 4.78 is 40.7. The van der Waals surface area contributed by atoms with Crippen molar-refractivity contribution < 1.29 is 17.6 Å². The number of nitrogens with zero attached hydrogens (tertiary/aromatic N) is 6. The molecule has 7 heterocycles. The third kappa shape index (κ3) is 5.08. The number of rotatable bonds is 8. The molecule has 0 bridgehead atoms. The molecule has 3 atom stereocenters. The van der Waals surface area contributed by atoms with Crippen LogP contribution in [0.15, 0.2) is 40.0 Å². The molecule has 1 fully saturated rings. The first kappa shape index (κ1) is 29.6. The molecule has 1 unspecified atom stereocenters. The van der Waals surface area contributed by atoms with E-state index in [1.165, 1.54) is 16.9 Å². The zero-order chi connectivity index (χ0) is 31.6. The molecule has 0 spiro atoms. The predicted octanol–water partition coefficient (Wildman–Crippen LogP) is 6.10. The van der Waals surface area contributed by atoms with E-state index in [0.717, 1.165) is 65.4 Å². The van der Waals surface area contributed by atoms with Crippen molar-refractivity contribution in [2.75, 3.05) is 24.3 Å². The van der Waals surface area contributed by atoms with Gasteiger partial charge in [-0.1, -0.05) is 19.9 Å². The Morgan fingerprint density at radius 1 is 1.13 bits per heavy atom. The van der Waals surface area contributed by atoms with Gasteiger partial charge in [-0.15, -0.1) is 21.5 Å². The Bertz CT molecular complexity index is 2070. The van der Waals surface area contributed by atoms with E-state index in [-0.39, 0.29) is 34.4 Å². The number of fused-ring (bicyclic) bond motifs is 3. The van der Waals surface area contributed by atoms with E-state index in [4.69, 9.17) is 14.1 Å². The van der Waals surface area contributed by atoms with Crippen LogP contribution >= 0.6 is 11.3 Å². The predicted molar refractivity (Wildman–Crippen MR) is 174 cm³/mol. The van der Waals surface area contributed by atoms with E-state index in [0.29, 0.717) is 40.9 Å². The molecule has 0 aromatic carbocycles. The summed E-state index contributed by atoms with van der Waals surface area (Å²) in [7, 11) is -3.67. The minimum Gasteiger partial charge on any atom is -0.421 e. The van der Waals surface area contributed by atoms with Gasteiger partial charge in [0.05, 0.1) is 43.9 Å². The van der Waals surface area contributed by atoms with Crippen LogP contribution in [0.2, 0.25) is 0 Å². The van der Waals surface area contributed by atoms with E-state index in [1.54, 1.807) is 13.3 Å². The van der Waals surface area contributed by atoms with Crippen molar-refractivity contribution >= 4 is 37.2 Å². The van der Waals surface area contributed by atoms with Gasteiger partial charge in [-0.2, -0.15) is 0 Å². The molecule has 11 nitrogen and oxygen atoms in total. The van der Waals surface area contributed by atoms with Crippen LogP contribution in [0.25, 0.3) is 32.1 Å². The zero-order valence-corrected chi connectivity index (χ0v) is 27.6. The monoisotopic (exact) mass is 657 g/mol. The molecule has 8 rings (SSSR count). The summed E-state index contributed by atoms with van der Waals surface area (Å²) in [6.45, 7) is 7.35. The van der Waals surface area contributed by atoms with Gasteiger partial charge in [0.25, 0.3) is 0 Å². The maximum Gasteiger partial charge on any atom is 0.250 e. The van der Waals surface area contributed by atoms with Crippen LogP contribution in [-0.4, -0.2) is 57.5 Å². The standard InChI is InChI=1S/C33H35N7O4S2/c1-17(2)21-15-46(41,42)31-28(27(33-40-39-18(3)44-33)24(37-29(21)31)7-6-19-10-12-43-14-19)26-13-25-30(45-26)32(36-16-35-25)38-23-9-8-22-20(23)5-4-11-34-22/h4-5,11,13,16-17,19,21,23H,6-10,12,14-15H2,1-3H3,(H,35,36,38)/t19?,21-,23-/m0/s1. The number of thiophene rings is 1. The summed E-state index contributed by atoms with van der Waals surface area (Å²) in [5.74, 6) is 1.72. The number of hydrogen-bond donors (Lipinski definition) is 1. The van der Waals surface area contributed by atoms with Crippen LogP contribution in [0, 0.1) is 18.8 Å². The molecule has 0 saturated carbocycles. The van der Waals surface area contributed by atoms with Crippen LogP contribution in [-0.2, 0) is 27.4 Å². The fourth-order valence-electron chi connectivity index (χ4n) is 7.12. The Labute approximate surface area is 271 Å². The summed E-state index contributed by atoms with van der Waals surface area (Å²) in [6, 6.07) is 6.11. The molecule has 1 aliphatic carbocycles. The number of aryl methyl sites for hydroxylation is 3. The van der Waals surface area contributed by atoms with Gasteiger partial charge in [0.1, 0.15) is 12.1 Å². The highest BCUT2D eigenvalue weighted by atomic mass is 32.2. The Hall–Kier alpha value is -3.81. The average molecular weight is 658 g/mol. The molecule has 1 saturated heterocycles. The summed E-state index contributed by atoms with van der Waals surface area (Å²) >= 11 is 1.48. The zero-order valence-electron chi connectivity index (χ0n) is 26.0. The first-order valence-corrected chi connectivity index (χ1v) is 18.4. The molecule has 1 N–H and O–H groups in total. The summed E-state index contributed by atoms with van der Waals surface area (Å²) in [5, 5.41) is 12.2. The minimum absolute atomic E-state index is 0.0227. The van der Waals surface area contributed by atoms with Gasteiger partial charge < -0.3 is 14.5 Å². The Morgan fingerprint density at radius 2 is 2.02 bits per heavy atom. The van der Waals surface area contributed by atoms with E-state index in [1.807, 2.05) is 18.3 Å². The second-order valence-electron chi connectivity index (χ2n) is 12.9. The van der Waals surface area contributed by atoms with Crippen molar-refractivity contribution in [3.05, 3.63) is 59.3 Å². The molecular weight excluding hydrogens is 623 g/mol. The number of pyridine rings is 2. The quantitative estimate of drug-likeness (QED) is 0.206. The Morgan fingerprint density at radius 3 is 2.80 bits per heavy atom. The first-order chi connectivity index (χ1) is 22.3. The minimum atomic E-state index is -3.67. The van der Waals surface area contributed by atoms with Crippen molar-refractivity contribution in [3.63, 3.8) is 0 Å². The first-order valence-electron chi connectivity index (χ1n) is 15.9. The molecule has 3 aliphatic rings. The number of sulfone groups is 1. The molecule has 0 amide bonds. The lowest BCUT2D eigenvalue weighted by Crippen LogP contribution is -2.11. The summed E-state index contributed by atoms with van der Waals surface area (Å²) in [5.41, 5.74) is 5.61. The van der Waals surface area contributed by atoms with Gasteiger partial charge in [-0.05, 0) is 61.6 Å². The van der Waals surface area contributed by atoms with Crippen LogP contribution < -0.4 is 5.32 Å². The van der Waals surface area contributed by atoms with Gasteiger partial charge in [-0.25, -0.2) is 18.4 Å². The SMILES string of the molecule is Cc1nnc(-c2c(CCC3CCOC3)nc3c(c2-c2cc4ncnc(N[C@H]5CCc6ncccc65)c4s2)S(=O)(=O)C[C@H]3C(C)C)o1. The highest BCUT2D eigenvalue weighted by molar-refractivity contribution is 7.92. The second kappa shape index (κ2) is 11.5. The smallest absolute Gasteiger partial charge is 0.250 e. The van der Waals surface area contributed by atoms with Crippen molar-refractivity contribution in [1.29, 1.82) is 0 Å². The van der Waals surface area contributed by atoms with Crippen LogP contribution in [0.3, 0.4) is 0 Å². The number of anilines is 1. The maximum absolute atomic E-state index is 14.1. The molecule has 238 valence electrons. The lowest BCUT2D eigenvalue weighted by atomic mass is 9.90. The van der Waals surface area contributed by atoms with Crippen molar-refractivity contribution in [3.8, 4) is 21.9 Å². The molecule has 5 aromatic heterocycles. The highest BCUT2D eigenvalue weighted by Crippen LogP contribution is 2.51. The molecule has 2 aliphatic heterocycles. The van der Waals surface area contributed by atoms with Gasteiger partial charge in [0.15, 0.2) is 9.84 Å². The van der Waals surface area contributed by atoms with Crippen molar-refractivity contribution in [2.24, 2.45) is 11.8 Å². The Kier molecular flexibility index (Phi) is 7.37. The molecule has 46 heavy (non-hydrogen) atoms. The van der Waals surface area contributed by atoms with Gasteiger partial charge in [0.2, 0.25) is 11.8 Å². The fourth-order valence-corrected chi connectivity index (χ4v) is 10.5. The summed E-state index contributed by atoms with van der Waals surface area (Å²) in [6.07, 6.45) is 7.72. The number of ether oxygens (including phenoxy) is 1. The fraction of sp³-hybridized carbons (Fsp3) is 0.455. The molecule has 5 aromatic rings. The lowest BCUT2D eigenvalue weighted by Gasteiger charge is -2.19. The molecule has 13 heteroatoms. The van der Waals surface area contributed by atoms with Crippen LogP contribution in [0.1, 0.15) is 73.6 Å². The van der Waals surface area contributed by atoms with Crippen molar-refractivity contribution in [1.82, 2.24) is 30.1 Å². The average Bonchev–Trinajstić information content (AvgIpc) is 3.87. The Balaban J connectivity index is 1.32. The third-order valence-electron chi connectivity index (χ3n) is 9.51. The number of nitrogens with one attached hydrogen (secondary N) is 1. The number of aromatic nitrogens is 6. The van der Waals surface area contributed by atoms with E-state index < -0.39 is 9.84 Å². The third-order valence-corrected chi connectivity index (χ3v) is 12.5. The summed E-state index contributed by atoms with van der Waals surface area (Å²) in [4.78, 5) is 20.0. The van der Waals surface area contributed by atoms with Crippen LogP contribution in [0.4, 0.5) is 5.82 Å². The lowest BCUT2D eigenvalue weighted by molar-refractivity contribution is 0.184. The van der Waals surface area contributed by atoms with Gasteiger partial charge in [0, 0.05) is 48.4 Å². The molecular formula is C33H35N7O4S2. The van der Waals surface area contributed by atoms with E-state index in [9.17, 15) is 8.42 Å². The maximum atomic E-state index is 14.1. The van der Waals surface area contributed by atoms with Crippen LogP contribution in [0.5, 0.6) is 0 Å². The largest absolute Gasteiger partial charge is 0.421 e. The topological polar surface area (TPSA) is 146 Å². The normalized spacial score (nSPS) is 21.7. The van der Waals surface area contributed by atoms with Crippen molar-refractivity contribution in [2.45, 2.75) is 69.7 Å². The van der Waals surface area contributed by atoms with E-state index >= 15 is 0 Å². The number of hydrogen-bond acceptors (Lipinski definition) is 12. The molecule has 0 radical (unpaired) electrons. The second-order valence-corrected chi connectivity index (χ2v) is 15.9. The highest BCUT2D eigenvalue weighted by Gasteiger charge is 2.43. The van der Waals surface area contributed by atoms with Gasteiger partial charge >= 0.3 is 0 Å². The van der Waals surface area contributed by atoms with E-state index in [2.05, 4.69) is 50.4 Å². The van der Waals surface area contributed by atoms with Gasteiger partial charge in [-0.3, -0.25) is 9.97 Å².